The van der Waals surface area contributed by atoms with Crippen molar-refractivity contribution in [3.8, 4) is 0 Å². The first kappa shape index (κ1) is 17.3. The molecule has 1 amide bonds. The van der Waals surface area contributed by atoms with E-state index in [9.17, 15) is 9.59 Å². The van der Waals surface area contributed by atoms with Gasteiger partial charge < -0.3 is 10.4 Å². The van der Waals surface area contributed by atoms with Gasteiger partial charge in [0.2, 0.25) is 5.91 Å². The molecule has 0 aliphatic heterocycles. The zero-order chi connectivity index (χ0) is 14.5. The Morgan fingerprint density at radius 1 is 1.22 bits per heavy atom. The number of carboxylic acid groups (broad SMARTS) is 1. The quantitative estimate of drug-likeness (QED) is 0.781. The van der Waals surface area contributed by atoms with Crippen LogP contribution in [0.15, 0.2) is 0 Å². The molecule has 0 radical (unpaired) electrons. The van der Waals surface area contributed by atoms with Crippen LogP contribution in [0.3, 0.4) is 0 Å². The number of carbonyl (C=O) groups is 2. The van der Waals surface area contributed by atoms with E-state index in [-0.39, 0.29) is 23.1 Å². The predicted octanol–water partition coefficient (Wildman–Crippen LogP) is 2.52. The molecule has 1 unspecified atom stereocenters. The minimum atomic E-state index is -0.928. The predicted molar refractivity (Wildman–Crippen MR) is 75.8 cm³/mol. The number of amides is 1. The number of hydrogen-bond acceptors (Lipinski definition) is 3. The topological polar surface area (TPSA) is 66.4 Å². The van der Waals surface area contributed by atoms with Crippen molar-refractivity contribution in [1.82, 2.24) is 5.32 Å². The highest BCUT2D eigenvalue weighted by Crippen LogP contribution is 2.30. The van der Waals surface area contributed by atoms with Crippen LogP contribution >= 0.6 is 11.8 Å². The third-order valence-electron chi connectivity index (χ3n) is 2.53. The van der Waals surface area contributed by atoms with E-state index in [1.807, 2.05) is 41.5 Å². The van der Waals surface area contributed by atoms with E-state index in [1.165, 1.54) is 11.8 Å². The second-order valence-corrected chi connectivity index (χ2v) is 7.89. The Labute approximate surface area is 114 Å². The molecular formula is C13H25NO3S. The van der Waals surface area contributed by atoms with Gasteiger partial charge in [-0.25, -0.2) is 0 Å². The molecule has 0 aromatic heterocycles. The summed E-state index contributed by atoms with van der Waals surface area (Å²) in [5, 5.41) is 11.3. The average molecular weight is 275 g/mol. The molecule has 0 bridgehead atoms. The van der Waals surface area contributed by atoms with Crippen molar-refractivity contribution >= 4 is 23.6 Å². The van der Waals surface area contributed by atoms with Crippen LogP contribution in [0.2, 0.25) is 0 Å². The van der Waals surface area contributed by atoms with Crippen LogP contribution in [0, 0.1) is 5.92 Å². The summed E-state index contributed by atoms with van der Waals surface area (Å²) in [5.74, 6) is -0.782. The molecule has 106 valence electrons. The van der Waals surface area contributed by atoms with E-state index < -0.39 is 11.2 Å². The summed E-state index contributed by atoms with van der Waals surface area (Å²) in [6.07, 6.45) is 0.0222. The van der Waals surface area contributed by atoms with Gasteiger partial charge in [0.1, 0.15) is 5.25 Å². The minimum absolute atomic E-state index is 0.0222. The molecule has 0 aliphatic carbocycles. The monoisotopic (exact) mass is 275 g/mol. The van der Waals surface area contributed by atoms with E-state index in [4.69, 9.17) is 5.11 Å². The molecule has 0 rings (SSSR count). The summed E-state index contributed by atoms with van der Waals surface area (Å²) >= 11 is 1.31. The number of carboxylic acids is 1. The van der Waals surface area contributed by atoms with Gasteiger partial charge in [0, 0.05) is 17.2 Å². The molecule has 0 spiro atoms. The standard InChI is InChI=1S/C13H25NO3S/c1-8(2)9(3)14-11(15)7-10(12(16)17)18-13(4,5)6/h8-10H,7H2,1-6H3,(H,14,15)(H,16,17)/t9-,10?/m0/s1. The van der Waals surface area contributed by atoms with Gasteiger partial charge in [-0.15, -0.1) is 11.8 Å². The lowest BCUT2D eigenvalue weighted by Gasteiger charge is -2.24. The van der Waals surface area contributed by atoms with Gasteiger partial charge in [-0.1, -0.05) is 34.6 Å². The highest BCUT2D eigenvalue weighted by molar-refractivity contribution is 8.01. The molecule has 18 heavy (non-hydrogen) atoms. The molecule has 0 aromatic rings. The smallest absolute Gasteiger partial charge is 0.317 e. The fourth-order valence-corrected chi connectivity index (χ4v) is 2.44. The van der Waals surface area contributed by atoms with Gasteiger partial charge in [0.05, 0.1) is 0 Å². The molecule has 4 nitrogen and oxygen atoms in total. The third-order valence-corrected chi connectivity index (χ3v) is 3.89. The normalized spacial score (nSPS) is 15.3. The number of rotatable bonds is 6. The Balaban J connectivity index is 4.43. The number of hydrogen-bond donors (Lipinski definition) is 2. The zero-order valence-corrected chi connectivity index (χ0v) is 12.9. The molecule has 0 fully saturated rings. The van der Waals surface area contributed by atoms with Crippen molar-refractivity contribution in [1.29, 1.82) is 0 Å². The fraction of sp³-hybridized carbons (Fsp3) is 0.846. The van der Waals surface area contributed by atoms with E-state index in [0.29, 0.717) is 5.92 Å². The van der Waals surface area contributed by atoms with Gasteiger partial charge in [-0.3, -0.25) is 9.59 Å². The van der Waals surface area contributed by atoms with Crippen LogP contribution in [-0.4, -0.2) is 33.0 Å². The molecule has 0 heterocycles. The molecule has 5 heteroatoms. The molecule has 0 aromatic carbocycles. The van der Waals surface area contributed by atoms with Crippen LogP contribution in [0.1, 0.15) is 48.0 Å². The zero-order valence-electron chi connectivity index (χ0n) is 12.1. The summed E-state index contributed by atoms with van der Waals surface area (Å²) in [7, 11) is 0. The maximum absolute atomic E-state index is 11.8. The number of carbonyl (C=O) groups excluding carboxylic acids is 1. The summed E-state index contributed by atoms with van der Waals surface area (Å²) < 4.78 is -0.174. The Morgan fingerprint density at radius 3 is 2.06 bits per heavy atom. The van der Waals surface area contributed by atoms with Crippen molar-refractivity contribution < 1.29 is 14.7 Å². The summed E-state index contributed by atoms with van der Waals surface area (Å²) in [6.45, 7) is 11.8. The lowest BCUT2D eigenvalue weighted by atomic mass is 10.1. The molecule has 2 N–H and O–H groups in total. The van der Waals surface area contributed by atoms with Crippen molar-refractivity contribution in [3.05, 3.63) is 0 Å². The number of thioether (sulfide) groups is 1. The maximum atomic E-state index is 11.8. The van der Waals surface area contributed by atoms with Gasteiger partial charge in [0.15, 0.2) is 0 Å². The lowest BCUT2D eigenvalue weighted by Crippen LogP contribution is -2.39. The Hall–Kier alpha value is -0.710. The van der Waals surface area contributed by atoms with Crippen LogP contribution in [-0.2, 0) is 9.59 Å². The Kier molecular flexibility index (Phi) is 6.74. The van der Waals surface area contributed by atoms with Crippen LogP contribution in [0.5, 0.6) is 0 Å². The van der Waals surface area contributed by atoms with Crippen molar-refractivity contribution in [2.75, 3.05) is 0 Å². The van der Waals surface area contributed by atoms with Gasteiger partial charge in [-0.2, -0.15) is 0 Å². The Morgan fingerprint density at radius 2 is 1.72 bits per heavy atom. The summed E-state index contributed by atoms with van der Waals surface area (Å²) in [4.78, 5) is 22.9. The van der Waals surface area contributed by atoms with Crippen molar-refractivity contribution in [2.45, 2.75) is 64.0 Å². The summed E-state index contributed by atoms with van der Waals surface area (Å²) in [6, 6.07) is 0.0616. The maximum Gasteiger partial charge on any atom is 0.317 e. The SMILES string of the molecule is CC(C)[C@H](C)NC(=O)CC(SC(C)(C)C)C(=O)O. The van der Waals surface area contributed by atoms with Crippen molar-refractivity contribution in [2.24, 2.45) is 5.92 Å². The van der Waals surface area contributed by atoms with Crippen LogP contribution in [0.4, 0.5) is 0 Å². The minimum Gasteiger partial charge on any atom is -0.480 e. The molecule has 2 atom stereocenters. The Bertz CT molecular complexity index is 297. The van der Waals surface area contributed by atoms with Gasteiger partial charge in [-0.05, 0) is 12.8 Å². The molecule has 0 saturated heterocycles. The van der Waals surface area contributed by atoms with E-state index >= 15 is 0 Å². The molecule has 0 aliphatic rings. The first-order valence-corrected chi connectivity index (χ1v) is 7.11. The van der Waals surface area contributed by atoms with Crippen LogP contribution < -0.4 is 5.32 Å². The molecule has 0 saturated carbocycles. The third kappa shape index (κ3) is 7.58. The molecular weight excluding hydrogens is 250 g/mol. The fourth-order valence-electron chi connectivity index (χ4n) is 1.25. The first-order valence-electron chi connectivity index (χ1n) is 6.23. The van der Waals surface area contributed by atoms with E-state index in [1.54, 1.807) is 0 Å². The second-order valence-electron chi connectivity index (χ2n) is 5.86. The first-order chi connectivity index (χ1) is 8.03. The number of aliphatic carboxylic acids is 1. The highest BCUT2D eigenvalue weighted by atomic mass is 32.2. The lowest BCUT2D eigenvalue weighted by molar-refractivity contribution is -0.138. The van der Waals surface area contributed by atoms with Crippen molar-refractivity contribution in [3.63, 3.8) is 0 Å². The van der Waals surface area contributed by atoms with Crippen LogP contribution in [0.25, 0.3) is 0 Å². The van der Waals surface area contributed by atoms with Gasteiger partial charge in [0.25, 0.3) is 0 Å². The average Bonchev–Trinajstić information content (AvgIpc) is 2.13. The second kappa shape index (κ2) is 7.02. The van der Waals surface area contributed by atoms with E-state index in [0.717, 1.165) is 0 Å². The largest absolute Gasteiger partial charge is 0.480 e. The number of nitrogens with one attached hydrogen (secondary N) is 1. The van der Waals surface area contributed by atoms with Gasteiger partial charge >= 0.3 is 5.97 Å². The highest BCUT2D eigenvalue weighted by Gasteiger charge is 2.28. The van der Waals surface area contributed by atoms with E-state index in [2.05, 4.69) is 5.32 Å². The summed E-state index contributed by atoms with van der Waals surface area (Å²) in [5.41, 5.74) is 0.